The van der Waals surface area contributed by atoms with E-state index in [2.05, 4.69) is 25.3 Å². The third-order valence-corrected chi connectivity index (χ3v) is 5.52. The highest BCUT2D eigenvalue weighted by Gasteiger charge is 2.25. The van der Waals surface area contributed by atoms with E-state index >= 15 is 0 Å². The fourth-order valence-electron chi connectivity index (χ4n) is 3.14. The van der Waals surface area contributed by atoms with Gasteiger partial charge in [-0.1, -0.05) is 12.1 Å². The molecule has 0 radical (unpaired) electrons. The van der Waals surface area contributed by atoms with Crippen molar-refractivity contribution in [1.82, 2.24) is 9.97 Å². The zero-order valence-corrected chi connectivity index (χ0v) is 18.4. The predicted octanol–water partition coefficient (Wildman–Crippen LogP) is 4.60. The van der Waals surface area contributed by atoms with E-state index in [1.165, 1.54) is 30.3 Å². The van der Waals surface area contributed by atoms with Crippen LogP contribution >= 0.6 is 0 Å². The van der Waals surface area contributed by atoms with Crippen molar-refractivity contribution < 1.29 is 22.0 Å². The highest BCUT2D eigenvalue weighted by atomic mass is 32.2. The van der Waals surface area contributed by atoms with Gasteiger partial charge >= 0.3 is 0 Å². The third-order valence-electron chi connectivity index (χ3n) is 4.93. The van der Waals surface area contributed by atoms with E-state index in [-0.39, 0.29) is 34.6 Å². The number of rotatable bonds is 9. The molecule has 1 saturated carbocycles. The van der Waals surface area contributed by atoms with Crippen LogP contribution < -0.4 is 15.4 Å². The number of nitrogens with one attached hydrogen (secondary N) is 3. The third kappa shape index (κ3) is 6.01. The molecular formula is C22H21F2N5O3S. The van der Waals surface area contributed by atoms with Gasteiger partial charge in [0.1, 0.15) is 5.82 Å². The number of benzene rings is 2. The van der Waals surface area contributed by atoms with E-state index in [4.69, 9.17) is 0 Å². The maximum absolute atomic E-state index is 14.4. The highest BCUT2D eigenvalue weighted by Crippen LogP contribution is 2.34. The normalized spacial score (nSPS) is 13.4. The summed E-state index contributed by atoms with van der Waals surface area (Å²) in [7, 11) is -3.57. The molecule has 4 rings (SSSR count). The van der Waals surface area contributed by atoms with Crippen LogP contribution in [-0.4, -0.2) is 30.4 Å². The maximum atomic E-state index is 14.4. The summed E-state index contributed by atoms with van der Waals surface area (Å²) in [4.78, 5) is 20.2. The van der Waals surface area contributed by atoms with Crippen LogP contribution in [0.4, 0.5) is 37.6 Å². The quantitative estimate of drug-likeness (QED) is 0.389. The Morgan fingerprint density at radius 2 is 1.76 bits per heavy atom. The number of hydrogen-bond donors (Lipinski definition) is 3. The lowest BCUT2D eigenvalue weighted by Crippen LogP contribution is -2.11. The van der Waals surface area contributed by atoms with Crippen molar-refractivity contribution in [3.05, 3.63) is 65.9 Å². The molecule has 0 unspecified atom stereocenters. The minimum atomic E-state index is -3.57. The van der Waals surface area contributed by atoms with Crippen LogP contribution in [0.5, 0.6) is 0 Å². The van der Waals surface area contributed by atoms with Crippen LogP contribution in [0.2, 0.25) is 0 Å². The number of carbonyl (C=O) groups excluding carboxylic acids is 1. The summed E-state index contributed by atoms with van der Waals surface area (Å²) in [6, 6.07) is 10.3. The van der Waals surface area contributed by atoms with Crippen molar-refractivity contribution in [2.45, 2.75) is 19.3 Å². The van der Waals surface area contributed by atoms with Crippen LogP contribution in [0.15, 0.2) is 48.7 Å². The van der Waals surface area contributed by atoms with E-state index in [1.54, 1.807) is 12.1 Å². The van der Waals surface area contributed by atoms with E-state index < -0.39 is 21.7 Å². The van der Waals surface area contributed by atoms with Crippen molar-refractivity contribution in [2.24, 2.45) is 5.92 Å². The lowest BCUT2D eigenvalue weighted by atomic mass is 10.1. The molecule has 0 aliphatic heterocycles. The molecule has 11 heteroatoms. The van der Waals surface area contributed by atoms with E-state index in [0.717, 1.165) is 25.3 Å². The zero-order valence-electron chi connectivity index (χ0n) is 17.6. The van der Waals surface area contributed by atoms with Gasteiger partial charge in [-0.05, 0) is 49.1 Å². The van der Waals surface area contributed by atoms with Crippen molar-refractivity contribution >= 4 is 44.6 Å². The summed E-state index contributed by atoms with van der Waals surface area (Å²) in [6.45, 7) is 0. The summed E-state index contributed by atoms with van der Waals surface area (Å²) < 4.78 is 54.2. The second-order valence-electron chi connectivity index (χ2n) is 7.83. The largest absolute Gasteiger partial charge is 0.336 e. The molecule has 1 fully saturated rings. The molecule has 172 valence electrons. The topological polar surface area (TPSA) is 113 Å². The van der Waals surface area contributed by atoms with Gasteiger partial charge in [-0.2, -0.15) is 4.98 Å². The number of ketones is 1. The number of anilines is 5. The second kappa shape index (κ2) is 9.10. The van der Waals surface area contributed by atoms with Crippen LogP contribution in [0.25, 0.3) is 0 Å². The van der Waals surface area contributed by atoms with Gasteiger partial charge in [-0.25, -0.2) is 22.2 Å². The van der Waals surface area contributed by atoms with E-state index in [0.29, 0.717) is 17.9 Å². The van der Waals surface area contributed by atoms with Crippen LogP contribution in [0.1, 0.15) is 29.6 Å². The smallest absolute Gasteiger partial charge is 0.229 e. The van der Waals surface area contributed by atoms with Crippen molar-refractivity contribution in [1.29, 1.82) is 0 Å². The second-order valence-corrected chi connectivity index (χ2v) is 9.57. The maximum Gasteiger partial charge on any atom is 0.229 e. The first-order valence-electron chi connectivity index (χ1n) is 10.1. The number of hydrogen-bond acceptors (Lipinski definition) is 7. The first kappa shape index (κ1) is 22.6. The summed E-state index contributed by atoms with van der Waals surface area (Å²) >= 11 is 0. The molecule has 0 saturated heterocycles. The molecule has 0 bridgehead atoms. The summed E-state index contributed by atoms with van der Waals surface area (Å²) in [5.41, 5.74) is 0.797. The van der Waals surface area contributed by atoms with Crippen LogP contribution in [0, 0.1) is 17.6 Å². The van der Waals surface area contributed by atoms with Crippen molar-refractivity contribution in [2.75, 3.05) is 21.6 Å². The molecule has 3 N–H and O–H groups in total. The number of aromatic nitrogens is 2. The number of carbonyl (C=O) groups is 1. The Kier molecular flexibility index (Phi) is 6.23. The molecule has 8 nitrogen and oxygen atoms in total. The Bertz CT molecular complexity index is 1310. The number of nitrogens with zero attached hydrogens (tertiary/aromatic N) is 2. The lowest BCUT2D eigenvalue weighted by Gasteiger charge is -2.14. The monoisotopic (exact) mass is 473 g/mol. The minimum absolute atomic E-state index is 0.0200. The first-order chi connectivity index (χ1) is 15.7. The molecule has 1 aliphatic rings. The summed E-state index contributed by atoms with van der Waals surface area (Å²) in [5.74, 6) is -1.47. The molecule has 2 aromatic carbocycles. The number of para-hydroxylation sites is 2. The van der Waals surface area contributed by atoms with Gasteiger partial charge in [0, 0.05) is 12.0 Å². The molecule has 1 heterocycles. The Labute approximate surface area is 189 Å². The Hall–Kier alpha value is -3.60. The number of halogens is 2. The Morgan fingerprint density at radius 3 is 2.45 bits per heavy atom. The molecule has 1 aromatic heterocycles. The standard InChI is InChI=1S/C22H21F2N5O3S/c1-33(31,32)29-18-5-3-2-4-17(18)26-21-16(24)12-25-22(28-21)27-19-11-14(8-9-15(19)23)20(30)10-13-6-7-13/h2-5,8-9,11-13,29H,6-7,10H2,1H3,(H2,25,26,27,28). The predicted molar refractivity (Wildman–Crippen MR) is 122 cm³/mol. The van der Waals surface area contributed by atoms with Gasteiger partial charge < -0.3 is 10.6 Å². The van der Waals surface area contributed by atoms with Crippen molar-refractivity contribution in [3.8, 4) is 0 Å². The summed E-state index contributed by atoms with van der Waals surface area (Å²) in [6.07, 6.45) is 4.37. The molecule has 33 heavy (non-hydrogen) atoms. The van der Waals surface area contributed by atoms with Gasteiger partial charge in [0.05, 0.1) is 29.5 Å². The van der Waals surface area contributed by atoms with E-state index in [9.17, 15) is 22.0 Å². The van der Waals surface area contributed by atoms with Crippen molar-refractivity contribution in [3.63, 3.8) is 0 Å². The summed E-state index contributed by atoms with van der Waals surface area (Å²) in [5, 5.41) is 5.40. The Balaban J connectivity index is 1.57. The molecule has 0 amide bonds. The first-order valence-corrected chi connectivity index (χ1v) is 12.0. The number of Topliss-reactive ketones (excluding diaryl/α,β-unsaturated/α-hetero) is 1. The van der Waals surface area contributed by atoms with Gasteiger partial charge in [0.25, 0.3) is 0 Å². The van der Waals surface area contributed by atoms with Gasteiger partial charge in [-0.3, -0.25) is 9.52 Å². The molecule has 0 spiro atoms. The fourth-order valence-corrected chi connectivity index (χ4v) is 3.72. The average molecular weight is 474 g/mol. The molecule has 0 atom stereocenters. The van der Waals surface area contributed by atoms with Crippen LogP contribution in [0.3, 0.4) is 0 Å². The number of sulfonamides is 1. The average Bonchev–Trinajstić information content (AvgIpc) is 3.56. The lowest BCUT2D eigenvalue weighted by molar-refractivity contribution is 0.0976. The molecule has 3 aromatic rings. The zero-order chi connectivity index (χ0) is 23.6. The van der Waals surface area contributed by atoms with E-state index in [1.807, 2.05) is 0 Å². The minimum Gasteiger partial charge on any atom is -0.336 e. The van der Waals surface area contributed by atoms with Gasteiger partial charge in [0.2, 0.25) is 16.0 Å². The SMILES string of the molecule is CS(=O)(=O)Nc1ccccc1Nc1nc(Nc2cc(C(=O)CC3CC3)ccc2F)ncc1F. The molecular weight excluding hydrogens is 452 g/mol. The van der Waals surface area contributed by atoms with Gasteiger partial charge in [-0.15, -0.1) is 0 Å². The van der Waals surface area contributed by atoms with Crippen LogP contribution in [-0.2, 0) is 10.0 Å². The van der Waals surface area contributed by atoms with Gasteiger partial charge in [0.15, 0.2) is 17.4 Å². The molecule has 1 aliphatic carbocycles. The fraction of sp³-hybridized carbons (Fsp3) is 0.227. The highest BCUT2D eigenvalue weighted by molar-refractivity contribution is 7.92. The Morgan fingerprint density at radius 1 is 1.03 bits per heavy atom.